The van der Waals surface area contributed by atoms with Gasteiger partial charge < -0.3 is 19.3 Å². The first-order valence-corrected chi connectivity index (χ1v) is 12.7. The highest BCUT2D eigenvalue weighted by Crippen LogP contribution is 2.73. The fourth-order valence-electron chi connectivity index (χ4n) is 9.02. The first-order valence-electron chi connectivity index (χ1n) is 12.7. The van der Waals surface area contributed by atoms with Crippen molar-refractivity contribution in [3.05, 3.63) is 11.6 Å². The molecule has 0 aromatic rings. The van der Waals surface area contributed by atoms with Crippen molar-refractivity contribution in [2.45, 2.75) is 115 Å². The van der Waals surface area contributed by atoms with Gasteiger partial charge in [-0.1, -0.05) is 25.5 Å². The van der Waals surface area contributed by atoms with Gasteiger partial charge in [0.2, 0.25) is 0 Å². The van der Waals surface area contributed by atoms with E-state index in [1.807, 2.05) is 6.92 Å². The standard InChI is InChI=1S/C26H40O4/c1-16(27)26-22(30-26)15-21-19-8-7-17-14-18(29-23-6-4-5-13-28-23)9-11-24(17,2)20(19)10-12-25(21,26)3/h7,16,18-23,27H,4-6,8-15H2,1-3H3/t16-,18+,19-,20+,21+,22-,23?,24+,25+,26-/m1/s1. The molecule has 0 amide bonds. The van der Waals surface area contributed by atoms with E-state index >= 15 is 0 Å². The summed E-state index contributed by atoms with van der Waals surface area (Å²) in [5, 5.41) is 10.6. The number of rotatable bonds is 3. The minimum Gasteiger partial charge on any atom is -0.390 e. The van der Waals surface area contributed by atoms with Crippen LogP contribution in [0.5, 0.6) is 0 Å². The Kier molecular flexibility index (Phi) is 4.57. The molecule has 3 saturated carbocycles. The molecule has 6 rings (SSSR count). The fraction of sp³-hybridized carbons (Fsp3) is 0.923. The Hall–Kier alpha value is -0.420. The highest BCUT2D eigenvalue weighted by molar-refractivity contribution is 5.30. The van der Waals surface area contributed by atoms with Crippen molar-refractivity contribution in [1.29, 1.82) is 0 Å². The number of aliphatic hydroxyl groups excluding tert-OH is 1. The van der Waals surface area contributed by atoms with E-state index in [1.54, 1.807) is 5.57 Å². The summed E-state index contributed by atoms with van der Waals surface area (Å²) in [5.41, 5.74) is 1.90. The number of hydrogen-bond donors (Lipinski definition) is 1. The van der Waals surface area contributed by atoms with Crippen LogP contribution in [0.1, 0.15) is 85.0 Å². The summed E-state index contributed by atoms with van der Waals surface area (Å²) in [4.78, 5) is 0. The fourth-order valence-corrected chi connectivity index (χ4v) is 9.02. The quantitative estimate of drug-likeness (QED) is 0.520. The summed E-state index contributed by atoms with van der Waals surface area (Å²) in [7, 11) is 0. The van der Waals surface area contributed by atoms with Crippen LogP contribution < -0.4 is 0 Å². The van der Waals surface area contributed by atoms with Crippen LogP contribution in [-0.2, 0) is 14.2 Å². The van der Waals surface area contributed by atoms with E-state index in [9.17, 15) is 5.11 Å². The van der Waals surface area contributed by atoms with Gasteiger partial charge >= 0.3 is 0 Å². The molecule has 2 heterocycles. The number of epoxide rings is 1. The molecule has 0 radical (unpaired) electrons. The summed E-state index contributed by atoms with van der Waals surface area (Å²) in [6, 6.07) is 0. The minimum atomic E-state index is -0.353. The maximum absolute atomic E-state index is 10.6. The van der Waals surface area contributed by atoms with Gasteiger partial charge in [0.05, 0.1) is 18.3 Å². The average Bonchev–Trinajstić information content (AvgIpc) is 3.41. The van der Waals surface area contributed by atoms with Crippen LogP contribution in [0.25, 0.3) is 0 Å². The smallest absolute Gasteiger partial charge is 0.157 e. The molecular formula is C26H40O4. The summed E-state index contributed by atoms with van der Waals surface area (Å²) in [5.74, 6) is 2.23. The highest BCUT2D eigenvalue weighted by Gasteiger charge is 2.78. The first-order chi connectivity index (χ1) is 14.4. The molecule has 2 aliphatic heterocycles. The Labute approximate surface area is 181 Å². The van der Waals surface area contributed by atoms with Crippen molar-refractivity contribution in [1.82, 2.24) is 0 Å². The molecule has 6 aliphatic rings. The van der Waals surface area contributed by atoms with Gasteiger partial charge in [0.1, 0.15) is 5.60 Å². The molecule has 1 unspecified atom stereocenters. The Morgan fingerprint density at radius 3 is 2.77 bits per heavy atom. The highest BCUT2D eigenvalue weighted by atomic mass is 16.7. The van der Waals surface area contributed by atoms with Crippen LogP contribution >= 0.6 is 0 Å². The number of ether oxygens (including phenoxy) is 3. The maximum Gasteiger partial charge on any atom is 0.157 e. The van der Waals surface area contributed by atoms with Crippen LogP contribution in [0.3, 0.4) is 0 Å². The molecule has 5 fully saturated rings. The Morgan fingerprint density at radius 2 is 2.00 bits per heavy atom. The lowest BCUT2D eigenvalue weighted by molar-refractivity contribution is -0.195. The molecule has 4 aliphatic carbocycles. The summed E-state index contributed by atoms with van der Waals surface area (Å²) in [6.45, 7) is 7.81. The molecule has 2 saturated heterocycles. The Bertz CT molecular complexity index is 727. The molecule has 30 heavy (non-hydrogen) atoms. The van der Waals surface area contributed by atoms with Crippen LogP contribution in [0.2, 0.25) is 0 Å². The van der Waals surface area contributed by atoms with Crippen LogP contribution in [-0.4, -0.2) is 41.9 Å². The predicted octanol–water partition coefficient (Wildman–Crippen LogP) is 4.99. The van der Waals surface area contributed by atoms with Crippen LogP contribution in [0.15, 0.2) is 11.6 Å². The molecule has 4 heteroatoms. The molecule has 0 aromatic heterocycles. The van der Waals surface area contributed by atoms with Gasteiger partial charge in [-0.3, -0.25) is 0 Å². The number of allylic oxidation sites excluding steroid dienone is 1. The molecule has 168 valence electrons. The summed E-state index contributed by atoms with van der Waals surface area (Å²) >= 11 is 0. The second-order valence-corrected chi connectivity index (χ2v) is 11.8. The number of aliphatic hydroxyl groups is 1. The van der Waals surface area contributed by atoms with E-state index in [-0.39, 0.29) is 23.4 Å². The van der Waals surface area contributed by atoms with Gasteiger partial charge in [-0.05, 0) is 94.3 Å². The van der Waals surface area contributed by atoms with Gasteiger partial charge in [0.25, 0.3) is 0 Å². The molecule has 0 bridgehead atoms. The molecule has 0 aromatic carbocycles. The van der Waals surface area contributed by atoms with Gasteiger partial charge in [-0.25, -0.2) is 0 Å². The van der Waals surface area contributed by atoms with Gasteiger partial charge in [-0.15, -0.1) is 0 Å². The van der Waals surface area contributed by atoms with E-state index in [2.05, 4.69) is 19.9 Å². The van der Waals surface area contributed by atoms with Crippen molar-refractivity contribution < 1.29 is 19.3 Å². The molecular weight excluding hydrogens is 376 g/mol. The second-order valence-electron chi connectivity index (χ2n) is 11.8. The van der Waals surface area contributed by atoms with Crippen molar-refractivity contribution in [3.8, 4) is 0 Å². The Balaban J connectivity index is 1.21. The SMILES string of the molecule is C[C@@H](O)[C@@]12O[C@@H]1C[C@H]1[C@@H]3CC=C4C[C@@H](OC5CCCCO5)CC[C@]4(C)[C@H]3CC[C@@]12C. The summed E-state index contributed by atoms with van der Waals surface area (Å²) < 4.78 is 18.4. The zero-order chi connectivity index (χ0) is 20.7. The molecule has 4 nitrogen and oxygen atoms in total. The van der Waals surface area contributed by atoms with E-state index in [0.717, 1.165) is 37.7 Å². The lowest BCUT2D eigenvalue weighted by Crippen LogP contribution is -2.55. The molecule has 1 N–H and O–H groups in total. The number of hydrogen-bond acceptors (Lipinski definition) is 4. The first kappa shape index (κ1) is 20.2. The predicted molar refractivity (Wildman–Crippen MR) is 115 cm³/mol. The van der Waals surface area contributed by atoms with Crippen molar-refractivity contribution in [2.24, 2.45) is 28.6 Å². The topological polar surface area (TPSA) is 51.2 Å². The molecule has 0 spiro atoms. The minimum absolute atomic E-state index is 0.0299. The van der Waals surface area contributed by atoms with E-state index in [4.69, 9.17) is 14.2 Å². The largest absolute Gasteiger partial charge is 0.390 e. The summed E-state index contributed by atoms with van der Waals surface area (Å²) in [6.07, 6.45) is 14.8. The zero-order valence-electron chi connectivity index (χ0n) is 19.1. The van der Waals surface area contributed by atoms with Crippen molar-refractivity contribution in [3.63, 3.8) is 0 Å². The molecule has 10 atom stereocenters. The monoisotopic (exact) mass is 416 g/mol. The normalized spacial score (nSPS) is 55.5. The lowest BCUT2D eigenvalue weighted by atomic mass is 9.47. The third-order valence-corrected chi connectivity index (χ3v) is 10.7. The Morgan fingerprint density at radius 1 is 1.13 bits per heavy atom. The zero-order valence-corrected chi connectivity index (χ0v) is 19.1. The third kappa shape index (κ3) is 2.60. The lowest BCUT2D eigenvalue weighted by Gasteiger charge is -2.59. The van der Waals surface area contributed by atoms with E-state index < -0.39 is 0 Å². The van der Waals surface area contributed by atoms with Gasteiger partial charge in [-0.2, -0.15) is 0 Å². The van der Waals surface area contributed by atoms with Crippen LogP contribution in [0.4, 0.5) is 0 Å². The third-order valence-electron chi connectivity index (χ3n) is 10.7. The van der Waals surface area contributed by atoms with Crippen LogP contribution in [0, 0.1) is 28.6 Å². The van der Waals surface area contributed by atoms with Gasteiger partial charge in [0, 0.05) is 12.0 Å². The number of fused-ring (bicyclic) bond motifs is 7. The van der Waals surface area contributed by atoms with Crippen molar-refractivity contribution in [2.75, 3.05) is 6.61 Å². The second kappa shape index (κ2) is 6.79. The van der Waals surface area contributed by atoms with E-state index in [1.165, 1.54) is 44.9 Å². The van der Waals surface area contributed by atoms with Gasteiger partial charge in [0.15, 0.2) is 6.29 Å². The van der Waals surface area contributed by atoms with Crippen molar-refractivity contribution >= 4 is 0 Å². The average molecular weight is 417 g/mol. The maximum atomic E-state index is 10.6. The van der Waals surface area contributed by atoms with E-state index in [0.29, 0.717) is 23.5 Å².